The molecule has 0 aromatic heterocycles. The summed E-state index contributed by atoms with van der Waals surface area (Å²) in [4.78, 5) is 14.0. The standard InChI is InChI=1S/C22H48N2O11/c23-3-6-34-35-22-20-32-18-16-28-10-8-26-5-2-1-4-25-7-9-27-11-12-29-13-14-30-15-17-31-19-21-33-24/h1-24H2. The highest BCUT2D eigenvalue weighted by Gasteiger charge is 1.96. The summed E-state index contributed by atoms with van der Waals surface area (Å²) in [6.07, 6.45) is 1.89. The highest BCUT2D eigenvalue weighted by Crippen LogP contribution is 1.92. The van der Waals surface area contributed by atoms with Gasteiger partial charge in [-0.1, -0.05) is 0 Å². The zero-order valence-electron chi connectivity index (χ0n) is 21.2. The summed E-state index contributed by atoms with van der Waals surface area (Å²) in [6, 6.07) is 0. The predicted octanol–water partition coefficient (Wildman–Crippen LogP) is -0.303. The zero-order valence-corrected chi connectivity index (χ0v) is 21.2. The van der Waals surface area contributed by atoms with E-state index in [0.717, 1.165) is 12.8 Å². The largest absolute Gasteiger partial charge is 0.379 e. The lowest BCUT2D eigenvalue weighted by Gasteiger charge is -2.08. The molecule has 0 spiro atoms. The summed E-state index contributed by atoms with van der Waals surface area (Å²) in [7, 11) is 0. The molecule has 0 bridgehead atoms. The molecule has 0 aromatic rings. The average molecular weight is 517 g/mol. The van der Waals surface area contributed by atoms with Crippen molar-refractivity contribution in [2.75, 3.05) is 132 Å². The fourth-order valence-electron chi connectivity index (χ4n) is 2.30. The second kappa shape index (κ2) is 33.5. The smallest absolute Gasteiger partial charge is 0.106 e. The molecule has 4 N–H and O–H groups in total. The van der Waals surface area contributed by atoms with Crippen LogP contribution in [-0.2, 0) is 52.5 Å². The number of hydrogen-bond donors (Lipinski definition) is 2. The normalized spacial score (nSPS) is 11.5. The molecule has 212 valence electrons. The topological polar surface area (TPSA) is 154 Å². The van der Waals surface area contributed by atoms with Crippen LogP contribution in [0.1, 0.15) is 12.8 Å². The molecule has 0 radical (unpaired) electrons. The summed E-state index contributed by atoms with van der Waals surface area (Å²) < 4.78 is 43.2. The highest BCUT2D eigenvalue weighted by atomic mass is 17.2. The molecule has 0 fully saturated rings. The van der Waals surface area contributed by atoms with E-state index >= 15 is 0 Å². The molecular weight excluding hydrogens is 468 g/mol. The van der Waals surface area contributed by atoms with E-state index in [-0.39, 0.29) is 0 Å². The van der Waals surface area contributed by atoms with Crippen molar-refractivity contribution in [3.8, 4) is 0 Å². The molecule has 0 rings (SSSR count). The molecule has 13 nitrogen and oxygen atoms in total. The Morgan fingerprint density at radius 3 is 0.943 bits per heavy atom. The maximum atomic E-state index is 5.53. The summed E-state index contributed by atoms with van der Waals surface area (Å²) in [5, 5.41) is 0. The Balaban J connectivity index is 3.00. The van der Waals surface area contributed by atoms with Crippen LogP contribution in [0.4, 0.5) is 0 Å². The van der Waals surface area contributed by atoms with Crippen molar-refractivity contribution in [1.82, 2.24) is 0 Å². The Bertz CT molecular complexity index is 342. The molecule has 0 unspecified atom stereocenters. The van der Waals surface area contributed by atoms with Gasteiger partial charge in [0.2, 0.25) is 0 Å². The molecule has 0 aliphatic rings. The summed E-state index contributed by atoms with van der Waals surface area (Å²) in [6.45, 7) is 10.3. The van der Waals surface area contributed by atoms with Crippen molar-refractivity contribution < 1.29 is 52.5 Å². The van der Waals surface area contributed by atoms with Crippen LogP contribution in [0, 0.1) is 0 Å². The van der Waals surface area contributed by atoms with Crippen LogP contribution in [0.15, 0.2) is 0 Å². The summed E-state index contributed by atoms with van der Waals surface area (Å²) in [5.74, 6) is 4.88. The second-order valence-electron chi connectivity index (χ2n) is 6.91. The monoisotopic (exact) mass is 516 g/mol. The Morgan fingerprint density at radius 2 is 0.600 bits per heavy atom. The van der Waals surface area contributed by atoms with Gasteiger partial charge in [0, 0.05) is 19.8 Å². The van der Waals surface area contributed by atoms with Gasteiger partial charge in [-0.3, -0.25) is 0 Å². The number of rotatable bonds is 32. The van der Waals surface area contributed by atoms with Gasteiger partial charge in [-0.2, -0.15) is 0 Å². The Kier molecular flexibility index (Phi) is 33.0. The molecule has 0 heterocycles. The number of hydrogen-bond acceptors (Lipinski definition) is 13. The van der Waals surface area contributed by atoms with E-state index in [1.165, 1.54) is 0 Å². The van der Waals surface area contributed by atoms with E-state index in [2.05, 4.69) is 4.84 Å². The third-order valence-electron chi connectivity index (χ3n) is 4.00. The van der Waals surface area contributed by atoms with Crippen molar-refractivity contribution in [3.05, 3.63) is 0 Å². The van der Waals surface area contributed by atoms with Gasteiger partial charge in [0.05, 0.1) is 106 Å². The summed E-state index contributed by atoms with van der Waals surface area (Å²) >= 11 is 0. The molecule has 0 aliphatic carbocycles. The Hall–Kier alpha value is -0.520. The third-order valence-corrected chi connectivity index (χ3v) is 4.00. The van der Waals surface area contributed by atoms with Crippen LogP contribution in [0.25, 0.3) is 0 Å². The molecule has 13 heteroatoms. The van der Waals surface area contributed by atoms with Gasteiger partial charge < -0.3 is 48.5 Å². The number of nitrogens with two attached hydrogens (primary N) is 2. The van der Waals surface area contributed by atoms with E-state index in [1.807, 2.05) is 0 Å². The van der Waals surface area contributed by atoms with Crippen LogP contribution < -0.4 is 11.6 Å². The van der Waals surface area contributed by atoms with E-state index in [4.69, 9.17) is 59.3 Å². The van der Waals surface area contributed by atoms with Crippen molar-refractivity contribution in [3.63, 3.8) is 0 Å². The molecule has 0 amide bonds. The van der Waals surface area contributed by atoms with Gasteiger partial charge in [0.25, 0.3) is 0 Å². The minimum Gasteiger partial charge on any atom is -0.379 e. The molecule has 0 saturated carbocycles. The molecule has 0 saturated heterocycles. The van der Waals surface area contributed by atoms with Gasteiger partial charge >= 0.3 is 0 Å². The Morgan fingerprint density at radius 1 is 0.314 bits per heavy atom. The maximum Gasteiger partial charge on any atom is 0.106 e. The first-order valence-electron chi connectivity index (χ1n) is 12.3. The first-order chi connectivity index (χ1) is 17.4. The van der Waals surface area contributed by atoms with Crippen LogP contribution in [0.3, 0.4) is 0 Å². The SMILES string of the molecule is NCCOOCCOCCOCCOCCCCOCCOCCOCCOCCOCCON. The van der Waals surface area contributed by atoms with Crippen molar-refractivity contribution in [2.45, 2.75) is 12.8 Å². The van der Waals surface area contributed by atoms with E-state index < -0.39 is 0 Å². The molecule has 0 aliphatic heterocycles. The third kappa shape index (κ3) is 33.5. The quantitative estimate of drug-likeness (QED) is 0.0683. The lowest BCUT2D eigenvalue weighted by Crippen LogP contribution is -2.14. The minimum atomic E-state index is 0.372. The molecule has 0 aromatic carbocycles. The lowest BCUT2D eigenvalue weighted by molar-refractivity contribution is -0.297. The fourth-order valence-corrected chi connectivity index (χ4v) is 2.30. The van der Waals surface area contributed by atoms with Crippen molar-refractivity contribution in [1.29, 1.82) is 0 Å². The zero-order chi connectivity index (χ0) is 25.3. The van der Waals surface area contributed by atoms with E-state index in [0.29, 0.717) is 132 Å². The predicted molar refractivity (Wildman–Crippen MR) is 127 cm³/mol. The Labute approximate surface area is 209 Å². The number of ether oxygens (including phenoxy) is 8. The molecule has 35 heavy (non-hydrogen) atoms. The van der Waals surface area contributed by atoms with Crippen molar-refractivity contribution in [2.24, 2.45) is 11.6 Å². The minimum absolute atomic E-state index is 0.372. The van der Waals surface area contributed by atoms with Crippen molar-refractivity contribution >= 4 is 0 Å². The first-order valence-corrected chi connectivity index (χ1v) is 12.3. The maximum absolute atomic E-state index is 5.53. The van der Waals surface area contributed by atoms with E-state index in [9.17, 15) is 0 Å². The van der Waals surface area contributed by atoms with Gasteiger partial charge in [-0.05, 0) is 12.8 Å². The first kappa shape index (κ1) is 34.5. The van der Waals surface area contributed by atoms with Gasteiger partial charge in [0.15, 0.2) is 0 Å². The fraction of sp³-hybridized carbons (Fsp3) is 1.00. The van der Waals surface area contributed by atoms with Crippen LogP contribution in [-0.4, -0.2) is 132 Å². The van der Waals surface area contributed by atoms with Crippen LogP contribution in [0.5, 0.6) is 0 Å². The highest BCUT2D eigenvalue weighted by molar-refractivity contribution is 4.41. The summed E-state index contributed by atoms with van der Waals surface area (Å²) in [5.41, 5.74) is 5.26. The molecular formula is C22H48N2O11. The molecule has 0 atom stereocenters. The second-order valence-corrected chi connectivity index (χ2v) is 6.91. The van der Waals surface area contributed by atoms with Crippen LogP contribution >= 0.6 is 0 Å². The van der Waals surface area contributed by atoms with Gasteiger partial charge in [0.1, 0.15) is 6.61 Å². The van der Waals surface area contributed by atoms with E-state index in [1.54, 1.807) is 0 Å². The lowest BCUT2D eigenvalue weighted by atomic mass is 10.3. The van der Waals surface area contributed by atoms with Crippen LogP contribution in [0.2, 0.25) is 0 Å². The average Bonchev–Trinajstić information content (AvgIpc) is 2.87. The number of unbranched alkanes of at least 4 members (excludes halogenated alkanes) is 1. The van der Waals surface area contributed by atoms with Gasteiger partial charge in [-0.15, -0.1) is 0 Å². The van der Waals surface area contributed by atoms with Gasteiger partial charge in [-0.25, -0.2) is 15.7 Å².